The molecule has 3 aromatic carbocycles. The largest absolute Gasteiger partial charge is 0.493 e. The van der Waals surface area contributed by atoms with Gasteiger partial charge in [-0.3, -0.25) is 24.6 Å². The van der Waals surface area contributed by atoms with Gasteiger partial charge in [0, 0.05) is 12.1 Å². The van der Waals surface area contributed by atoms with Gasteiger partial charge in [-0.1, -0.05) is 24.3 Å². The van der Waals surface area contributed by atoms with Crippen molar-refractivity contribution >= 4 is 57.3 Å². The molecule has 36 heavy (non-hydrogen) atoms. The second-order valence-electron chi connectivity index (χ2n) is 7.64. The molecule has 0 radical (unpaired) electrons. The van der Waals surface area contributed by atoms with Crippen LogP contribution >= 0.6 is 34.4 Å². The monoisotopic (exact) mass is 620 g/mol. The smallest absolute Gasteiger partial charge is 0.293 e. The summed E-state index contributed by atoms with van der Waals surface area (Å²) in [6.07, 6.45) is 1.61. The summed E-state index contributed by atoms with van der Waals surface area (Å²) in [5.74, 6) is 0.174. The number of hydrogen-bond donors (Lipinski definition) is 0. The van der Waals surface area contributed by atoms with Crippen LogP contribution in [0.1, 0.15) is 16.7 Å². The first-order valence-corrected chi connectivity index (χ1v) is 12.4. The molecule has 0 saturated carbocycles. The first-order valence-electron chi connectivity index (χ1n) is 10.5. The zero-order valence-electron chi connectivity index (χ0n) is 18.8. The van der Waals surface area contributed by atoms with Crippen LogP contribution in [0.25, 0.3) is 6.08 Å². The van der Waals surface area contributed by atoms with Crippen LogP contribution in [-0.2, 0) is 17.9 Å². The molecule has 0 aliphatic carbocycles. The molecule has 0 N–H and O–H groups in total. The number of amides is 2. The Hall–Kier alpha value is -3.45. The standard InChI is InChI=1S/C25H18FIN2O6S/c1-34-21-11-17(10-20(27)23(21)35-14-16-2-6-18(26)7-3-16)12-22-24(30)28(25(31)36-22)13-15-4-8-19(9-5-15)29(32)33/h2-12H,13-14H2,1H3/b22-12-. The average molecular weight is 620 g/mol. The van der Waals surface area contributed by atoms with Crippen LogP contribution in [-0.4, -0.2) is 28.1 Å². The number of carbonyl (C=O) groups is 2. The van der Waals surface area contributed by atoms with Crippen molar-refractivity contribution in [2.75, 3.05) is 7.11 Å². The third kappa shape index (κ3) is 5.85. The van der Waals surface area contributed by atoms with E-state index in [0.717, 1.165) is 25.8 Å². The lowest BCUT2D eigenvalue weighted by molar-refractivity contribution is -0.384. The predicted octanol–water partition coefficient (Wildman–Crippen LogP) is 6.16. The molecule has 4 rings (SSSR count). The highest BCUT2D eigenvalue weighted by Crippen LogP contribution is 2.38. The summed E-state index contributed by atoms with van der Waals surface area (Å²) in [5, 5.41) is 10.4. The predicted molar refractivity (Wildman–Crippen MR) is 141 cm³/mol. The van der Waals surface area contributed by atoms with Crippen LogP contribution in [0.3, 0.4) is 0 Å². The highest BCUT2D eigenvalue weighted by molar-refractivity contribution is 14.1. The Morgan fingerprint density at radius 3 is 2.39 bits per heavy atom. The van der Waals surface area contributed by atoms with Gasteiger partial charge in [-0.15, -0.1) is 0 Å². The topological polar surface area (TPSA) is 99.0 Å². The minimum Gasteiger partial charge on any atom is -0.493 e. The van der Waals surface area contributed by atoms with E-state index >= 15 is 0 Å². The van der Waals surface area contributed by atoms with Crippen LogP contribution in [0, 0.1) is 19.5 Å². The van der Waals surface area contributed by atoms with Crippen molar-refractivity contribution in [2.24, 2.45) is 0 Å². The van der Waals surface area contributed by atoms with E-state index in [0.29, 0.717) is 22.6 Å². The van der Waals surface area contributed by atoms with E-state index in [9.17, 15) is 24.1 Å². The second kappa shape index (κ2) is 11.1. The fourth-order valence-electron chi connectivity index (χ4n) is 3.39. The molecule has 0 spiro atoms. The van der Waals surface area contributed by atoms with Gasteiger partial charge in [0.1, 0.15) is 12.4 Å². The van der Waals surface area contributed by atoms with Gasteiger partial charge in [-0.05, 0) is 81.4 Å². The molecule has 3 aromatic rings. The van der Waals surface area contributed by atoms with Gasteiger partial charge in [-0.2, -0.15) is 0 Å². The first-order chi connectivity index (χ1) is 17.2. The number of hydrogen-bond acceptors (Lipinski definition) is 7. The third-order valence-corrected chi connectivity index (χ3v) is 6.92. The molecule has 0 aromatic heterocycles. The minimum absolute atomic E-state index is 0.0109. The minimum atomic E-state index is -0.513. The first kappa shape index (κ1) is 25.6. The molecule has 1 saturated heterocycles. The number of rotatable bonds is 8. The Kier molecular flexibility index (Phi) is 7.89. The summed E-state index contributed by atoms with van der Waals surface area (Å²) in [4.78, 5) is 37.1. The maximum absolute atomic E-state index is 13.1. The van der Waals surface area contributed by atoms with E-state index in [1.807, 2.05) is 0 Å². The number of ether oxygens (including phenoxy) is 2. The van der Waals surface area contributed by atoms with Crippen LogP contribution < -0.4 is 9.47 Å². The Labute approximate surface area is 223 Å². The van der Waals surface area contributed by atoms with Crippen LogP contribution in [0.5, 0.6) is 11.5 Å². The molecule has 8 nitrogen and oxygen atoms in total. The van der Waals surface area contributed by atoms with Gasteiger partial charge < -0.3 is 9.47 Å². The maximum atomic E-state index is 13.1. The Morgan fingerprint density at radius 1 is 1.08 bits per heavy atom. The van der Waals surface area contributed by atoms with Crippen molar-refractivity contribution in [3.05, 3.63) is 102 Å². The number of benzene rings is 3. The molecule has 0 unspecified atom stereocenters. The summed E-state index contributed by atoms with van der Waals surface area (Å²) in [6.45, 7) is 0.227. The Balaban J connectivity index is 1.50. The van der Waals surface area contributed by atoms with Gasteiger partial charge >= 0.3 is 0 Å². The normalized spacial score (nSPS) is 14.4. The molecule has 1 fully saturated rings. The number of thioether (sulfide) groups is 1. The van der Waals surface area contributed by atoms with Gasteiger partial charge in [0.2, 0.25) is 0 Å². The van der Waals surface area contributed by atoms with Crippen molar-refractivity contribution in [1.29, 1.82) is 0 Å². The van der Waals surface area contributed by atoms with Crippen LogP contribution in [0.15, 0.2) is 65.6 Å². The Bertz CT molecular complexity index is 1360. The van der Waals surface area contributed by atoms with E-state index < -0.39 is 16.1 Å². The lowest BCUT2D eigenvalue weighted by Crippen LogP contribution is -2.27. The van der Waals surface area contributed by atoms with Gasteiger partial charge in [-0.25, -0.2) is 4.39 Å². The average Bonchev–Trinajstić information content (AvgIpc) is 3.11. The molecule has 2 amide bonds. The van der Waals surface area contributed by atoms with Crippen molar-refractivity contribution in [3.63, 3.8) is 0 Å². The summed E-state index contributed by atoms with van der Waals surface area (Å²) in [7, 11) is 1.50. The number of halogens is 2. The van der Waals surface area contributed by atoms with Crippen LogP contribution in [0.4, 0.5) is 14.9 Å². The molecule has 1 aliphatic heterocycles. The fourth-order valence-corrected chi connectivity index (χ4v) is 5.01. The van der Waals surface area contributed by atoms with E-state index in [-0.39, 0.29) is 29.6 Å². The SMILES string of the molecule is COc1cc(/C=C2\SC(=O)N(Cc3ccc([N+](=O)[O-])cc3)C2=O)cc(I)c1OCc1ccc(F)cc1. The molecule has 1 heterocycles. The number of non-ortho nitro benzene ring substituents is 1. The number of imide groups is 1. The molecule has 0 atom stereocenters. The van der Waals surface area contributed by atoms with Gasteiger partial charge in [0.05, 0.1) is 27.1 Å². The summed E-state index contributed by atoms with van der Waals surface area (Å²) in [5.41, 5.74) is 1.97. The van der Waals surface area contributed by atoms with Gasteiger partial charge in [0.15, 0.2) is 11.5 Å². The molecule has 184 valence electrons. The van der Waals surface area contributed by atoms with Crippen molar-refractivity contribution in [3.8, 4) is 11.5 Å². The quantitative estimate of drug-likeness (QED) is 0.129. The molecule has 1 aliphatic rings. The van der Waals surface area contributed by atoms with Crippen molar-refractivity contribution in [1.82, 2.24) is 4.90 Å². The zero-order valence-corrected chi connectivity index (χ0v) is 21.7. The van der Waals surface area contributed by atoms with Crippen molar-refractivity contribution < 1.29 is 28.4 Å². The summed E-state index contributed by atoms with van der Waals surface area (Å²) < 4.78 is 25.2. The van der Waals surface area contributed by atoms with E-state index in [4.69, 9.17) is 9.47 Å². The van der Waals surface area contributed by atoms with E-state index in [1.54, 1.807) is 30.3 Å². The maximum Gasteiger partial charge on any atom is 0.293 e. The molecule has 0 bridgehead atoms. The molecular formula is C25H18FIN2O6S. The second-order valence-corrected chi connectivity index (χ2v) is 9.80. The molecule has 11 heteroatoms. The van der Waals surface area contributed by atoms with Crippen molar-refractivity contribution in [2.45, 2.75) is 13.2 Å². The number of nitrogens with zero attached hydrogens (tertiary/aromatic N) is 2. The number of methoxy groups -OCH3 is 1. The summed E-state index contributed by atoms with van der Waals surface area (Å²) in [6, 6.07) is 15.2. The van der Waals surface area contributed by atoms with Crippen LogP contribution in [0.2, 0.25) is 0 Å². The van der Waals surface area contributed by atoms with E-state index in [1.165, 1.54) is 43.5 Å². The lowest BCUT2D eigenvalue weighted by atomic mass is 10.1. The van der Waals surface area contributed by atoms with Gasteiger partial charge in [0.25, 0.3) is 16.8 Å². The highest BCUT2D eigenvalue weighted by atomic mass is 127. The number of nitro groups is 1. The molecular weight excluding hydrogens is 602 g/mol. The number of nitro benzene ring substituents is 1. The van der Waals surface area contributed by atoms with E-state index in [2.05, 4.69) is 22.6 Å². The Morgan fingerprint density at radius 2 is 1.75 bits per heavy atom. The highest BCUT2D eigenvalue weighted by Gasteiger charge is 2.35. The fraction of sp³-hybridized carbons (Fsp3) is 0.120. The summed E-state index contributed by atoms with van der Waals surface area (Å²) >= 11 is 2.92. The lowest BCUT2D eigenvalue weighted by Gasteiger charge is -2.14. The number of carbonyl (C=O) groups excluding carboxylic acids is 2. The zero-order chi connectivity index (χ0) is 25.8. The third-order valence-electron chi connectivity index (χ3n) is 5.21.